The van der Waals surface area contributed by atoms with Crippen molar-refractivity contribution < 1.29 is 4.84 Å². The van der Waals surface area contributed by atoms with Gasteiger partial charge in [-0.05, 0) is 62.8 Å². The summed E-state index contributed by atoms with van der Waals surface area (Å²) in [6.45, 7) is 8.68. The molecule has 1 aliphatic carbocycles. The van der Waals surface area contributed by atoms with Crippen molar-refractivity contribution >= 4 is 0 Å². The normalized spacial score (nSPS) is 18.2. The van der Waals surface area contributed by atoms with E-state index in [9.17, 15) is 0 Å². The summed E-state index contributed by atoms with van der Waals surface area (Å²) < 4.78 is 0. The Balaban J connectivity index is 1.99. The van der Waals surface area contributed by atoms with Gasteiger partial charge in [0, 0.05) is 0 Å². The summed E-state index contributed by atoms with van der Waals surface area (Å²) >= 11 is 0. The second kappa shape index (κ2) is 5.85. The van der Waals surface area contributed by atoms with E-state index in [2.05, 4.69) is 45.3 Å². The Morgan fingerprint density at radius 1 is 1.06 bits per heavy atom. The molecule has 100 valence electrons. The average Bonchev–Trinajstić information content (AvgIpc) is 2.84. The summed E-state index contributed by atoms with van der Waals surface area (Å²) in [4.78, 5) is 5.79. The molecule has 0 saturated heterocycles. The first-order valence-electron chi connectivity index (χ1n) is 7.07. The summed E-state index contributed by atoms with van der Waals surface area (Å²) in [6, 6.07) is 4.79. The first kappa shape index (κ1) is 13.6. The Hall–Kier alpha value is -0.860. The zero-order valence-electron chi connectivity index (χ0n) is 12.0. The molecule has 0 radical (unpaired) electrons. The maximum absolute atomic E-state index is 5.79. The molecule has 1 N–H and O–H groups in total. The lowest BCUT2D eigenvalue weighted by Crippen LogP contribution is -2.25. The lowest BCUT2D eigenvalue weighted by molar-refractivity contribution is -0.0377. The first-order valence-corrected chi connectivity index (χ1v) is 7.07. The summed E-state index contributed by atoms with van der Waals surface area (Å²) in [5, 5.41) is 0. The molecule has 0 aromatic heterocycles. The Morgan fingerprint density at radius 2 is 1.67 bits per heavy atom. The minimum absolute atomic E-state index is 0.255. The van der Waals surface area contributed by atoms with Crippen LogP contribution < -0.4 is 5.48 Å². The molecule has 1 unspecified atom stereocenters. The molecular formula is C16H25NO. The Bertz CT molecular complexity index is 408. The summed E-state index contributed by atoms with van der Waals surface area (Å²) in [5.74, 6) is 0. The molecule has 1 saturated carbocycles. The van der Waals surface area contributed by atoms with Crippen molar-refractivity contribution in [3.8, 4) is 0 Å². The SMILES string of the molecule is Cc1cc(C)c(C(C)NOC2CCCC2)cc1C. The van der Waals surface area contributed by atoms with E-state index >= 15 is 0 Å². The molecule has 0 spiro atoms. The van der Waals surface area contributed by atoms with E-state index in [-0.39, 0.29) is 6.04 Å². The van der Waals surface area contributed by atoms with Gasteiger partial charge < -0.3 is 0 Å². The van der Waals surface area contributed by atoms with Gasteiger partial charge in [-0.1, -0.05) is 25.0 Å². The number of hydroxylamine groups is 1. The van der Waals surface area contributed by atoms with E-state index < -0.39 is 0 Å². The third-order valence-electron chi connectivity index (χ3n) is 4.06. The Morgan fingerprint density at radius 3 is 2.33 bits per heavy atom. The fraction of sp³-hybridized carbons (Fsp3) is 0.625. The van der Waals surface area contributed by atoms with Crippen LogP contribution in [0.3, 0.4) is 0 Å². The van der Waals surface area contributed by atoms with Crippen LogP contribution in [0.25, 0.3) is 0 Å². The lowest BCUT2D eigenvalue weighted by atomic mass is 9.97. The molecule has 18 heavy (non-hydrogen) atoms. The van der Waals surface area contributed by atoms with Gasteiger partial charge in [0.2, 0.25) is 0 Å². The molecule has 0 aliphatic heterocycles. The zero-order valence-corrected chi connectivity index (χ0v) is 12.0. The largest absolute Gasteiger partial charge is 0.298 e. The smallest absolute Gasteiger partial charge is 0.0790 e. The highest BCUT2D eigenvalue weighted by molar-refractivity contribution is 5.37. The van der Waals surface area contributed by atoms with Crippen LogP contribution in [0.2, 0.25) is 0 Å². The molecule has 2 heteroatoms. The van der Waals surface area contributed by atoms with Crippen molar-refractivity contribution in [2.24, 2.45) is 0 Å². The molecule has 2 nitrogen and oxygen atoms in total. The van der Waals surface area contributed by atoms with Crippen LogP contribution in [0.1, 0.15) is 60.9 Å². The van der Waals surface area contributed by atoms with Crippen LogP contribution in [-0.2, 0) is 4.84 Å². The van der Waals surface area contributed by atoms with E-state index in [1.165, 1.54) is 47.9 Å². The van der Waals surface area contributed by atoms with Crippen LogP contribution in [-0.4, -0.2) is 6.10 Å². The number of rotatable bonds is 4. The first-order chi connectivity index (χ1) is 8.58. The number of nitrogens with one attached hydrogen (secondary N) is 1. The van der Waals surface area contributed by atoms with Gasteiger partial charge in [0.05, 0.1) is 12.1 Å². The molecule has 1 fully saturated rings. The van der Waals surface area contributed by atoms with Gasteiger partial charge in [0.25, 0.3) is 0 Å². The molecule has 1 atom stereocenters. The number of benzene rings is 1. The predicted octanol–water partition coefficient (Wildman–Crippen LogP) is 4.14. The minimum atomic E-state index is 0.255. The lowest BCUT2D eigenvalue weighted by Gasteiger charge is -2.20. The van der Waals surface area contributed by atoms with Crippen molar-refractivity contribution in [3.05, 3.63) is 34.4 Å². The second-order valence-electron chi connectivity index (χ2n) is 5.66. The van der Waals surface area contributed by atoms with Crippen LogP contribution in [0, 0.1) is 20.8 Å². The molecule has 1 aliphatic rings. The predicted molar refractivity (Wildman–Crippen MR) is 75.5 cm³/mol. The maximum Gasteiger partial charge on any atom is 0.0790 e. The van der Waals surface area contributed by atoms with Gasteiger partial charge in [-0.15, -0.1) is 0 Å². The highest BCUT2D eigenvalue weighted by Gasteiger charge is 2.17. The van der Waals surface area contributed by atoms with Gasteiger partial charge in [-0.2, -0.15) is 5.48 Å². The van der Waals surface area contributed by atoms with Crippen molar-refractivity contribution in [2.45, 2.75) is 65.5 Å². The minimum Gasteiger partial charge on any atom is -0.298 e. The van der Waals surface area contributed by atoms with Crippen molar-refractivity contribution in [2.75, 3.05) is 0 Å². The van der Waals surface area contributed by atoms with E-state index in [0.29, 0.717) is 6.10 Å². The Kier molecular flexibility index (Phi) is 4.41. The molecular weight excluding hydrogens is 222 g/mol. The average molecular weight is 247 g/mol. The third-order valence-corrected chi connectivity index (χ3v) is 4.06. The van der Waals surface area contributed by atoms with Gasteiger partial charge in [0.15, 0.2) is 0 Å². The van der Waals surface area contributed by atoms with Crippen LogP contribution in [0.4, 0.5) is 0 Å². The summed E-state index contributed by atoms with van der Waals surface area (Å²) in [7, 11) is 0. The molecule has 0 heterocycles. The van der Waals surface area contributed by atoms with Crippen molar-refractivity contribution in [1.82, 2.24) is 5.48 Å². The van der Waals surface area contributed by atoms with E-state index in [0.717, 1.165) is 0 Å². The van der Waals surface area contributed by atoms with E-state index in [1.54, 1.807) is 0 Å². The number of aryl methyl sites for hydroxylation is 3. The highest BCUT2D eigenvalue weighted by Crippen LogP contribution is 2.24. The van der Waals surface area contributed by atoms with Crippen LogP contribution >= 0.6 is 0 Å². The van der Waals surface area contributed by atoms with E-state index in [4.69, 9.17) is 4.84 Å². The quantitative estimate of drug-likeness (QED) is 0.807. The van der Waals surface area contributed by atoms with Gasteiger partial charge >= 0.3 is 0 Å². The van der Waals surface area contributed by atoms with Crippen LogP contribution in [0.15, 0.2) is 12.1 Å². The van der Waals surface area contributed by atoms with Crippen molar-refractivity contribution in [1.29, 1.82) is 0 Å². The molecule has 0 bridgehead atoms. The fourth-order valence-electron chi connectivity index (χ4n) is 2.72. The maximum atomic E-state index is 5.79. The topological polar surface area (TPSA) is 21.3 Å². The second-order valence-corrected chi connectivity index (χ2v) is 5.66. The molecule has 1 aromatic carbocycles. The van der Waals surface area contributed by atoms with Gasteiger partial charge in [-0.3, -0.25) is 4.84 Å². The summed E-state index contributed by atoms with van der Waals surface area (Å²) in [5.41, 5.74) is 8.63. The van der Waals surface area contributed by atoms with Crippen LogP contribution in [0.5, 0.6) is 0 Å². The third kappa shape index (κ3) is 3.12. The van der Waals surface area contributed by atoms with Crippen molar-refractivity contribution in [3.63, 3.8) is 0 Å². The molecule has 2 rings (SSSR count). The highest BCUT2D eigenvalue weighted by atomic mass is 16.7. The standard InChI is InChI=1S/C16H25NO/c1-11-9-13(3)16(10-12(11)2)14(4)17-18-15-7-5-6-8-15/h9-10,14-15,17H,5-8H2,1-4H3. The zero-order chi connectivity index (χ0) is 13.1. The number of hydrogen-bond donors (Lipinski definition) is 1. The molecule has 1 aromatic rings. The van der Waals surface area contributed by atoms with Gasteiger partial charge in [0.1, 0.15) is 0 Å². The fourth-order valence-corrected chi connectivity index (χ4v) is 2.72. The van der Waals surface area contributed by atoms with E-state index in [1.807, 2.05) is 0 Å². The Labute approximate surface area is 111 Å². The van der Waals surface area contributed by atoms with Gasteiger partial charge in [-0.25, -0.2) is 0 Å². The molecule has 0 amide bonds. The summed E-state index contributed by atoms with van der Waals surface area (Å²) in [6.07, 6.45) is 5.43. The number of hydrogen-bond acceptors (Lipinski definition) is 2. The monoisotopic (exact) mass is 247 g/mol.